The minimum Gasteiger partial charge on any atom is -0.328 e. The summed E-state index contributed by atoms with van der Waals surface area (Å²) < 4.78 is 0. The van der Waals surface area contributed by atoms with Crippen LogP contribution in [0.5, 0.6) is 0 Å². The van der Waals surface area contributed by atoms with Gasteiger partial charge in [0.15, 0.2) is 0 Å². The number of hydrogen-bond donors (Lipinski definition) is 2. The van der Waals surface area contributed by atoms with Crippen LogP contribution in [0, 0.1) is 0 Å². The van der Waals surface area contributed by atoms with E-state index in [4.69, 9.17) is 11.5 Å². The van der Waals surface area contributed by atoms with Gasteiger partial charge in [-0.25, -0.2) is 0 Å². The molecule has 4 N–H and O–H groups in total. The summed E-state index contributed by atoms with van der Waals surface area (Å²) in [5.74, 6) is 0. The van der Waals surface area contributed by atoms with E-state index in [2.05, 4.69) is 13.8 Å². The Morgan fingerprint density at radius 2 is 1.00 bits per heavy atom. The molecule has 2 nitrogen and oxygen atoms in total. The molecule has 90 valence electrons. The minimum atomic E-state index is 0. The van der Waals surface area contributed by atoms with E-state index in [-0.39, 0.29) is 24.8 Å². The van der Waals surface area contributed by atoms with Crippen molar-refractivity contribution in [2.75, 3.05) is 0 Å². The van der Waals surface area contributed by atoms with E-state index in [1.807, 2.05) is 0 Å². The third kappa shape index (κ3) is 18.3. The first kappa shape index (κ1) is 20.0. The third-order valence-corrected chi connectivity index (χ3v) is 2.07. The molecule has 4 heteroatoms. The lowest BCUT2D eigenvalue weighted by atomic mass is 10.1. The van der Waals surface area contributed by atoms with E-state index in [1.54, 1.807) is 0 Å². The second-order valence-electron chi connectivity index (χ2n) is 3.95. The molecule has 0 aromatic heterocycles. The molecule has 0 rings (SSSR count). The lowest BCUT2D eigenvalue weighted by Gasteiger charge is -2.05. The normalized spacial score (nSPS) is 13.7. The van der Waals surface area contributed by atoms with Crippen LogP contribution >= 0.6 is 24.8 Å². The van der Waals surface area contributed by atoms with E-state index < -0.39 is 0 Å². The second-order valence-corrected chi connectivity index (χ2v) is 3.95. The Hall–Kier alpha value is 0.500. The number of rotatable bonds is 7. The summed E-state index contributed by atoms with van der Waals surface area (Å²) in [4.78, 5) is 0. The quantitative estimate of drug-likeness (QED) is 0.677. The molecule has 2 unspecified atom stereocenters. The van der Waals surface area contributed by atoms with Gasteiger partial charge < -0.3 is 11.5 Å². The van der Waals surface area contributed by atoms with Crippen molar-refractivity contribution in [2.24, 2.45) is 11.5 Å². The molecule has 0 aliphatic rings. The van der Waals surface area contributed by atoms with Crippen LogP contribution in [-0.4, -0.2) is 12.1 Å². The lowest BCUT2D eigenvalue weighted by Crippen LogP contribution is -2.14. The van der Waals surface area contributed by atoms with Crippen LogP contribution in [0.1, 0.15) is 52.4 Å². The largest absolute Gasteiger partial charge is 0.328 e. The van der Waals surface area contributed by atoms with Crippen molar-refractivity contribution in [1.29, 1.82) is 0 Å². The topological polar surface area (TPSA) is 52.0 Å². The number of nitrogens with two attached hydrogens (primary N) is 2. The molecule has 0 radical (unpaired) electrons. The molecule has 14 heavy (non-hydrogen) atoms. The molecule has 0 aliphatic carbocycles. The Labute approximate surface area is 101 Å². The monoisotopic (exact) mass is 244 g/mol. The van der Waals surface area contributed by atoms with Crippen molar-refractivity contribution in [3.05, 3.63) is 0 Å². The molecule has 0 fully saturated rings. The number of hydrogen-bond acceptors (Lipinski definition) is 2. The smallest absolute Gasteiger partial charge is 0.00104 e. The highest BCUT2D eigenvalue weighted by atomic mass is 35.5. The van der Waals surface area contributed by atoms with Gasteiger partial charge in [0.2, 0.25) is 0 Å². The van der Waals surface area contributed by atoms with Gasteiger partial charge in [0.1, 0.15) is 0 Å². The van der Waals surface area contributed by atoms with Crippen LogP contribution in [0.25, 0.3) is 0 Å². The maximum atomic E-state index is 5.64. The van der Waals surface area contributed by atoms with Gasteiger partial charge in [0.25, 0.3) is 0 Å². The molecule has 0 aromatic rings. The molecule has 2 atom stereocenters. The van der Waals surface area contributed by atoms with E-state index in [1.165, 1.54) is 25.7 Å². The third-order valence-electron chi connectivity index (χ3n) is 2.07. The fourth-order valence-electron chi connectivity index (χ4n) is 1.29. The van der Waals surface area contributed by atoms with Gasteiger partial charge in [-0.05, 0) is 26.7 Å². The van der Waals surface area contributed by atoms with Crippen molar-refractivity contribution >= 4 is 24.8 Å². The zero-order chi connectivity index (χ0) is 9.40. The Bertz CT molecular complexity index is 86.1. The molecular formula is C10H26Cl2N2. The van der Waals surface area contributed by atoms with Crippen LogP contribution in [0.3, 0.4) is 0 Å². The van der Waals surface area contributed by atoms with Crippen molar-refractivity contribution in [3.8, 4) is 0 Å². The fourth-order valence-corrected chi connectivity index (χ4v) is 1.29. The zero-order valence-corrected chi connectivity index (χ0v) is 11.0. The Morgan fingerprint density at radius 3 is 1.21 bits per heavy atom. The van der Waals surface area contributed by atoms with Gasteiger partial charge in [0, 0.05) is 12.1 Å². The van der Waals surface area contributed by atoms with Crippen molar-refractivity contribution in [3.63, 3.8) is 0 Å². The number of halogens is 2. The highest BCUT2D eigenvalue weighted by molar-refractivity contribution is 5.85. The summed E-state index contributed by atoms with van der Waals surface area (Å²) in [6, 6.07) is 0.747. The summed E-state index contributed by atoms with van der Waals surface area (Å²) in [6.45, 7) is 4.14. The first-order chi connectivity index (χ1) is 5.63. The van der Waals surface area contributed by atoms with Crippen LogP contribution in [0.4, 0.5) is 0 Å². The van der Waals surface area contributed by atoms with Crippen LogP contribution in [0.2, 0.25) is 0 Å². The standard InChI is InChI=1S/C10H24N2.2ClH/c1-9(11)7-5-3-4-6-8-10(2)12;;/h9-10H,3-8,11-12H2,1-2H3;2*1H. The van der Waals surface area contributed by atoms with Crippen LogP contribution in [-0.2, 0) is 0 Å². The average molecular weight is 245 g/mol. The van der Waals surface area contributed by atoms with Gasteiger partial charge in [-0.1, -0.05) is 25.7 Å². The average Bonchev–Trinajstić information content (AvgIpc) is 1.95. The van der Waals surface area contributed by atoms with Crippen molar-refractivity contribution in [2.45, 2.75) is 64.5 Å². The molecule has 0 amide bonds. The molecule has 0 saturated heterocycles. The van der Waals surface area contributed by atoms with Crippen LogP contribution < -0.4 is 11.5 Å². The summed E-state index contributed by atoms with van der Waals surface area (Å²) in [6.07, 6.45) is 7.51. The SMILES string of the molecule is CC(N)CCCCCCC(C)N.Cl.Cl. The van der Waals surface area contributed by atoms with Crippen molar-refractivity contribution < 1.29 is 0 Å². The first-order valence-electron chi connectivity index (χ1n) is 5.14. The first-order valence-corrected chi connectivity index (χ1v) is 5.14. The second kappa shape index (κ2) is 13.5. The Morgan fingerprint density at radius 1 is 0.714 bits per heavy atom. The van der Waals surface area contributed by atoms with E-state index in [9.17, 15) is 0 Å². The molecule has 0 aromatic carbocycles. The molecule has 0 spiro atoms. The summed E-state index contributed by atoms with van der Waals surface area (Å²) in [5.41, 5.74) is 11.3. The van der Waals surface area contributed by atoms with Gasteiger partial charge in [-0.15, -0.1) is 24.8 Å². The predicted molar refractivity (Wildman–Crippen MR) is 69.5 cm³/mol. The minimum absolute atomic E-state index is 0. The maximum absolute atomic E-state index is 5.64. The van der Waals surface area contributed by atoms with Gasteiger partial charge >= 0.3 is 0 Å². The molecule has 0 bridgehead atoms. The van der Waals surface area contributed by atoms with E-state index in [0.29, 0.717) is 12.1 Å². The van der Waals surface area contributed by atoms with Gasteiger partial charge in [0.05, 0.1) is 0 Å². The van der Waals surface area contributed by atoms with Gasteiger partial charge in [-0.3, -0.25) is 0 Å². The van der Waals surface area contributed by atoms with E-state index in [0.717, 1.165) is 12.8 Å². The van der Waals surface area contributed by atoms with Gasteiger partial charge in [-0.2, -0.15) is 0 Å². The Kier molecular flexibility index (Phi) is 19.3. The molecule has 0 heterocycles. The highest BCUT2D eigenvalue weighted by Crippen LogP contribution is 2.07. The lowest BCUT2D eigenvalue weighted by molar-refractivity contribution is 0.535. The zero-order valence-electron chi connectivity index (χ0n) is 9.37. The molecule has 0 aliphatic heterocycles. The predicted octanol–water partition coefficient (Wildman–Crippen LogP) is 2.87. The fraction of sp³-hybridized carbons (Fsp3) is 1.00. The highest BCUT2D eigenvalue weighted by Gasteiger charge is 1.96. The van der Waals surface area contributed by atoms with E-state index >= 15 is 0 Å². The number of unbranched alkanes of at least 4 members (excludes halogenated alkanes) is 3. The van der Waals surface area contributed by atoms with Crippen LogP contribution in [0.15, 0.2) is 0 Å². The molecular weight excluding hydrogens is 219 g/mol. The summed E-state index contributed by atoms with van der Waals surface area (Å²) in [7, 11) is 0. The Balaban J connectivity index is -0.000000605. The van der Waals surface area contributed by atoms with Crippen molar-refractivity contribution in [1.82, 2.24) is 0 Å². The maximum Gasteiger partial charge on any atom is 0.00104 e. The summed E-state index contributed by atoms with van der Waals surface area (Å²) in [5, 5.41) is 0. The molecule has 0 saturated carbocycles. The summed E-state index contributed by atoms with van der Waals surface area (Å²) >= 11 is 0.